The molecule has 0 bridgehead atoms. The Kier molecular flexibility index (Phi) is 3.84. The van der Waals surface area contributed by atoms with Crippen LogP contribution in [-0.4, -0.2) is 43.3 Å². The van der Waals surface area contributed by atoms with E-state index in [2.05, 4.69) is 15.4 Å². The van der Waals surface area contributed by atoms with Crippen LogP contribution in [0.4, 0.5) is 13.2 Å². The number of rotatable bonds is 3. The fraction of sp³-hybridized carbons (Fsp3) is 0.700. The molecule has 0 amide bonds. The van der Waals surface area contributed by atoms with Crippen LogP contribution in [-0.2, 0) is 19.3 Å². The van der Waals surface area contributed by atoms with Crippen molar-refractivity contribution in [3.8, 4) is 0 Å². The lowest BCUT2D eigenvalue weighted by atomic mass is 10.1. The van der Waals surface area contributed by atoms with Crippen LogP contribution in [0.2, 0.25) is 0 Å². The highest BCUT2D eigenvalue weighted by molar-refractivity contribution is 5.85. The van der Waals surface area contributed by atoms with Crippen molar-refractivity contribution in [1.29, 1.82) is 0 Å². The molecule has 1 aromatic rings. The number of halogens is 3. The predicted molar refractivity (Wildman–Crippen MR) is 62.9 cm³/mol. The highest BCUT2D eigenvalue weighted by atomic mass is 19.4. The standard InChI is InChI=1S/C10H15F3N6O/c1-2-6(8(14)17-20)18-3-4-19-7(5-18)15-16-9(19)10(11,12)13/h6,20H,2-5H2,1H3,(H2,14,17). The van der Waals surface area contributed by atoms with Crippen molar-refractivity contribution in [2.75, 3.05) is 6.54 Å². The number of alkyl halides is 3. The summed E-state index contributed by atoms with van der Waals surface area (Å²) in [6.07, 6.45) is -3.93. The number of hydrogen-bond donors (Lipinski definition) is 2. The molecule has 3 N–H and O–H groups in total. The van der Waals surface area contributed by atoms with Gasteiger partial charge >= 0.3 is 6.18 Å². The minimum atomic E-state index is -4.51. The molecule has 10 heteroatoms. The van der Waals surface area contributed by atoms with E-state index in [1.807, 2.05) is 11.8 Å². The van der Waals surface area contributed by atoms with Crippen LogP contribution in [0.1, 0.15) is 25.0 Å². The Bertz CT molecular complexity index is 512. The lowest BCUT2D eigenvalue weighted by Crippen LogP contribution is -2.48. The predicted octanol–water partition coefficient (Wildman–Crippen LogP) is 0.637. The number of nitrogens with two attached hydrogens (primary N) is 1. The quantitative estimate of drug-likeness (QED) is 0.369. The van der Waals surface area contributed by atoms with E-state index in [0.717, 1.165) is 4.57 Å². The van der Waals surface area contributed by atoms with Crippen LogP contribution in [0.15, 0.2) is 5.16 Å². The summed E-state index contributed by atoms with van der Waals surface area (Å²) in [6.45, 7) is 2.50. The molecular formula is C10H15F3N6O. The van der Waals surface area contributed by atoms with Crippen LogP contribution in [0.5, 0.6) is 0 Å². The Morgan fingerprint density at radius 3 is 2.70 bits per heavy atom. The molecule has 1 unspecified atom stereocenters. The van der Waals surface area contributed by atoms with Crippen molar-refractivity contribution in [2.45, 2.75) is 38.7 Å². The van der Waals surface area contributed by atoms with Crippen molar-refractivity contribution in [2.24, 2.45) is 10.9 Å². The van der Waals surface area contributed by atoms with Gasteiger partial charge in [-0.25, -0.2) is 0 Å². The molecule has 0 saturated carbocycles. The average molecular weight is 292 g/mol. The molecule has 0 radical (unpaired) electrons. The topological polar surface area (TPSA) is 92.6 Å². The average Bonchev–Trinajstić information content (AvgIpc) is 2.82. The first kappa shape index (κ1) is 14.6. The second kappa shape index (κ2) is 5.27. The van der Waals surface area contributed by atoms with Crippen LogP contribution in [0.3, 0.4) is 0 Å². The van der Waals surface area contributed by atoms with E-state index in [4.69, 9.17) is 10.9 Å². The summed E-state index contributed by atoms with van der Waals surface area (Å²) in [6, 6.07) is -0.334. The molecular weight excluding hydrogens is 277 g/mol. The minimum Gasteiger partial charge on any atom is -0.409 e. The largest absolute Gasteiger partial charge is 0.451 e. The van der Waals surface area contributed by atoms with Crippen molar-refractivity contribution in [3.63, 3.8) is 0 Å². The van der Waals surface area contributed by atoms with Gasteiger partial charge in [-0.1, -0.05) is 12.1 Å². The zero-order chi connectivity index (χ0) is 14.9. The van der Waals surface area contributed by atoms with E-state index < -0.39 is 12.0 Å². The Labute approximate surface area is 112 Å². The number of hydrogen-bond acceptors (Lipinski definition) is 5. The Morgan fingerprint density at radius 2 is 2.15 bits per heavy atom. The maximum absolute atomic E-state index is 12.7. The summed E-state index contributed by atoms with van der Waals surface area (Å²) < 4.78 is 39.2. The molecule has 0 aliphatic carbocycles. The van der Waals surface area contributed by atoms with E-state index in [-0.39, 0.29) is 30.8 Å². The zero-order valence-corrected chi connectivity index (χ0v) is 10.8. The second-order valence-electron chi connectivity index (χ2n) is 4.51. The van der Waals surface area contributed by atoms with E-state index >= 15 is 0 Å². The molecule has 20 heavy (non-hydrogen) atoms. The molecule has 1 aliphatic heterocycles. The Balaban J connectivity index is 2.22. The smallest absolute Gasteiger partial charge is 0.409 e. The third-order valence-corrected chi connectivity index (χ3v) is 3.32. The molecule has 0 spiro atoms. The van der Waals surface area contributed by atoms with Gasteiger partial charge in [0.25, 0.3) is 0 Å². The summed E-state index contributed by atoms with van der Waals surface area (Å²) in [5.41, 5.74) is 5.59. The monoisotopic (exact) mass is 292 g/mol. The van der Waals surface area contributed by atoms with E-state index in [9.17, 15) is 13.2 Å². The van der Waals surface area contributed by atoms with Gasteiger partial charge in [0, 0.05) is 13.1 Å². The molecule has 112 valence electrons. The highest BCUT2D eigenvalue weighted by Gasteiger charge is 2.40. The molecule has 0 fully saturated rings. The molecule has 1 atom stereocenters. The van der Waals surface area contributed by atoms with Gasteiger partial charge in [0.1, 0.15) is 5.82 Å². The molecule has 2 rings (SSSR count). The van der Waals surface area contributed by atoms with Crippen LogP contribution in [0.25, 0.3) is 0 Å². The van der Waals surface area contributed by atoms with Gasteiger partial charge in [-0.05, 0) is 6.42 Å². The van der Waals surface area contributed by atoms with Crippen LogP contribution >= 0.6 is 0 Å². The SMILES string of the molecule is CCC(C(N)=NO)N1CCn2c(nnc2C(F)(F)F)C1. The fourth-order valence-electron chi connectivity index (χ4n) is 2.37. The van der Waals surface area contributed by atoms with Crippen molar-refractivity contribution < 1.29 is 18.4 Å². The van der Waals surface area contributed by atoms with Crippen molar-refractivity contribution >= 4 is 5.84 Å². The van der Waals surface area contributed by atoms with E-state index in [1.54, 1.807) is 0 Å². The van der Waals surface area contributed by atoms with Gasteiger partial charge in [0.15, 0.2) is 5.84 Å². The Hall–Kier alpha value is -1.84. The van der Waals surface area contributed by atoms with E-state index in [1.165, 1.54) is 0 Å². The van der Waals surface area contributed by atoms with Crippen molar-refractivity contribution in [1.82, 2.24) is 19.7 Å². The Morgan fingerprint density at radius 1 is 1.45 bits per heavy atom. The molecule has 2 heterocycles. The number of fused-ring (bicyclic) bond motifs is 1. The van der Waals surface area contributed by atoms with Crippen LogP contribution in [0, 0.1) is 0 Å². The number of oxime groups is 1. The first-order chi connectivity index (χ1) is 9.38. The van der Waals surface area contributed by atoms with Gasteiger partial charge in [-0.15, -0.1) is 10.2 Å². The molecule has 1 aromatic heterocycles. The van der Waals surface area contributed by atoms with Gasteiger partial charge in [0.2, 0.25) is 5.82 Å². The fourth-order valence-corrected chi connectivity index (χ4v) is 2.37. The normalized spacial score (nSPS) is 18.9. The lowest BCUT2D eigenvalue weighted by Gasteiger charge is -2.33. The van der Waals surface area contributed by atoms with Gasteiger partial charge in [-0.3, -0.25) is 4.90 Å². The minimum absolute atomic E-state index is 0.0384. The third-order valence-electron chi connectivity index (χ3n) is 3.32. The molecule has 7 nitrogen and oxygen atoms in total. The number of amidine groups is 1. The summed E-state index contributed by atoms with van der Waals surface area (Å²) in [5.74, 6) is -0.715. The maximum Gasteiger partial charge on any atom is 0.451 e. The van der Waals surface area contributed by atoms with Crippen LogP contribution < -0.4 is 5.73 Å². The summed E-state index contributed by atoms with van der Waals surface area (Å²) >= 11 is 0. The molecule has 1 aliphatic rings. The molecule has 0 aromatic carbocycles. The van der Waals surface area contributed by atoms with Gasteiger partial charge in [-0.2, -0.15) is 13.2 Å². The molecule has 0 saturated heterocycles. The first-order valence-electron chi connectivity index (χ1n) is 6.09. The number of nitrogens with zero attached hydrogens (tertiary/aromatic N) is 5. The maximum atomic E-state index is 12.7. The highest BCUT2D eigenvalue weighted by Crippen LogP contribution is 2.29. The lowest BCUT2D eigenvalue weighted by molar-refractivity contribution is -0.148. The summed E-state index contributed by atoms with van der Waals surface area (Å²) in [4.78, 5) is 1.82. The number of aromatic nitrogens is 3. The van der Waals surface area contributed by atoms with Crippen molar-refractivity contribution in [3.05, 3.63) is 11.6 Å². The third kappa shape index (κ3) is 2.55. The van der Waals surface area contributed by atoms with E-state index in [0.29, 0.717) is 13.0 Å². The summed E-state index contributed by atoms with van der Waals surface area (Å²) in [7, 11) is 0. The van der Waals surface area contributed by atoms with Gasteiger partial charge in [0.05, 0.1) is 12.6 Å². The second-order valence-corrected chi connectivity index (χ2v) is 4.51. The van der Waals surface area contributed by atoms with Gasteiger partial charge < -0.3 is 15.5 Å². The summed E-state index contributed by atoms with van der Waals surface area (Å²) in [5, 5.41) is 18.5. The first-order valence-corrected chi connectivity index (χ1v) is 6.09. The zero-order valence-electron chi connectivity index (χ0n) is 10.8.